The smallest absolute Gasteiger partial charge is 0.250 e. The minimum Gasteiger partial charge on any atom is -0.448 e. The molecule has 0 aliphatic heterocycles. The molecule has 0 saturated heterocycles. The number of nitrogens with zero attached hydrogens (tertiary/aromatic N) is 2. The van der Waals surface area contributed by atoms with Crippen molar-refractivity contribution in [3.63, 3.8) is 0 Å². The molecule has 4 rings (SSSR count). The van der Waals surface area contributed by atoms with Gasteiger partial charge in [-0.2, -0.15) is 0 Å². The molecule has 0 unspecified atom stereocenters. The second-order valence-electron chi connectivity index (χ2n) is 9.02. The molecule has 0 aromatic carbocycles. The molecule has 0 bridgehead atoms. The summed E-state index contributed by atoms with van der Waals surface area (Å²) in [5.41, 5.74) is -0.232. The summed E-state index contributed by atoms with van der Waals surface area (Å²) >= 11 is 0. The Hall–Kier alpha value is -2.08. The first-order chi connectivity index (χ1) is 15.3. The average molecular weight is 467 g/mol. The number of oxazole rings is 1. The molecule has 2 atom stereocenters. The first-order valence-electron chi connectivity index (χ1n) is 11.0. The fraction of sp³-hybridized carbons (Fsp3) is 0.667. The second-order valence-corrected chi connectivity index (χ2v) is 10.8. The Morgan fingerprint density at radius 1 is 1.31 bits per heavy atom. The van der Waals surface area contributed by atoms with Crippen molar-refractivity contribution in [2.24, 2.45) is 0 Å². The van der Waals surface area contributed by atoms with Crippen molar-refractivity contribution < 1.29 is 22.7 Å². The maximum Gasteiger partial charge on any atom is 0.250 e. The van der Waals surface area contributed by atoms with Crippen LogP contribution in [0.1, 0.15) is 68.3 Å². The van der Waals surface area contributed by atoms with Crippen LogP contribution in [0.5, 0.6) is 0 Å². The SMILES string of the molecule is CS(=O)(=O)N[C@H]1CC[C@](COC2CCC(c3nccc(=O)[nH]3)CC2)(c2nc(CO)co2)C1. The van der Waals surface area contributed by atoms with Crippen LogP contribution in [0.3, 0.4) is 0 Å². The molecule has 2 saturated carbocycles. The molecule has 176 valence electrons. The lowest BCUT2D eigenvalue weighted by Crippen LogP contribution is -2.37. The summed E-state index contributed by atoms with van der Waals surface area (Å²) in [6, 6.07) is 1.20. The van der Waals surface area contributed by atoms with Crippen LogP contribution in [0.15, 0.2) is 27.7 Å². The maximum absolute atomic E-state index is 11.7. The van der Waals surface area contributed by atoms with E-state index in [-0.39, 0.29) is 30.2 Å². The summed E-state index contributed by atoms with van der Waals surface area (Å²) in [5, 5.41) is 9.38. The first-order valence-corrected chi connectivity index (χ1v) is 12.9. The molecule has 2 aromatic rings. The lowest BCUT2D eigenvalue weighted by atomic mass is 9.85. The van der Waals surface area contributed by atoms with Crippen LogP contribution in [0.2, 0.25) is 0 Å². The minimum atomic E-state index is -3.32. The van der Waals surface area contributed by atoms with Crippen molar-refractivity contribution in [2.45, 2.75) is 75.0 Å². The van der Waals surface area contributed by atoms with Gasteiger partial charge in [0, 0.05) is 24.2 Å². The van der Waals surface area contributed by atoms with Crippen molar-refractivity contribution in [3.05, 3.63) is 46.3 Å². The minimum absolute atomic E-state index is 0.0627. The van der Waals surface area contributed by atoms with E-state index in [9.17, 15) is 18.3 Å². The van der Waals surface area contributed by atoms with E-state index < -0.39 is 15.4 Å². The van der Waals surface area contributed by atoms with E-state index in [1.807, 2.05) is 0 Å². The zero-order valence-electron chi connectivity index (χ0n) is 18.1. The molecule has 0 amide bonds. The van der Waals surface area contributed by atoms with E-state index in [0.29, 0.717) is 37.5 Å². The summed E-state index contributed by atoms with van der Waals surface area (Å²) < 4.78 is 38.1. The number of rotatable bonds is 8. The van der Waals surface area contributed by atoms with Gasteiger partial charge in [0.05, 0.1) is 31.0 Å². The van der Waals surface area contributed by atoms with Gasteiger partial charge in [-0.05, 0) is 44.9 Å². The number of ether oxygens (including phenoxy) is 1. The van der Waals surface area contributed by atoms with Gasteiger partial charge in [-0.1, -0.05) is 0 Å². The summed E-state index contributed by atoms with van der Waals surface area (Å²) in [4.78, 5) is 23.1. The van der Waals surface area contributed by atoms with E-state index in [1.54, 1.807) is 6.20 Å². The third kappa shape index (κ3) is 5.45. The Bertz CT molecular complexity index is 1080. The fourth-order valence-corrected chi connectivity index (χ4v) is 5.72. The van der Waals surface area contributed by atoms with Gasteiger partial charge >= 0.3 is 0 Å². The highest BCUT2D eigenvalue weighted by molar-refractivity contribution is 7.88. The summed E-state index contributed by atoms with van der Waals surface area (Å²) in [6.07, 6.45) is 9.49. The Balaban J connectivity index is 1.41. The van der Waals surface area contributed by atoms with Gasteiger partial charge in [-0.15, -0.1) is 0 Å². The van der Waals surface area contributed by atoms with Crippen molar-refractivity contribution in [2.75, 3.05) is 12.9 Å². The second kappa shape index (κ2) is 9.42. The summed E-state index contributed by atoms with van der Waals surface area (Å²) in [7, 11) is -3.32. The zero-order chi connectivity index (χ0) is 22.8. The van der Waals surface area contributed by atoms with Crippen molar-refractivity contribution >= 4 is 10.0 Å². The predicted molar refractivity (Wildman–Crippen MR) is 116 cm³/mol. The van der Waals surface area contributed by atoms with Gasteiger partial charge in [-0.25, -0.2) is 23.1 Å². The van der Waals surface area contributed by atoms with Gasteiger partial charge < -0.3 is 19.2 Å². The van der Waals surface area contributed by atoms with Crippen LogP contribution in [0, 0.1) is 0 Å². The van der Waals surface area contributed by atoms with Crippen LogP contribution >= 0.6 is 0 Å². The van der Waals surface area contributed by atoms with Crippen LogP contribution < -0.4 is 10.3 Å². The van der Waals surface area contributed by atoms with Gasteiger partial charge in [0.2, 0.25) is 15.9 Å². The number of nitrogens with one attached hydrogen (secondary N) is 2. The summed E-state index contributed by atoms with van der Waals surface area (Å²) in [5.74, 6) is 1.43. The molecule has 2 aromatic heterocycles. The number of aromatic nitrogens is 3. The number of aromatic amines is 1. The van der Waals surface area contributed by atoms with Crippen molar-refractivity contribution in [1.82, 2.24) is 19.7 Å². The number of sulfonamides is 1. The maximum atomic E-state index is 11.7. The van der Waals surface area contributed by atoms with E-state index >= 15 is 0 Å². The van der Waals surface area contributed by atoms with Gasteiger partial charge in [0.1, 0.15) is 17.8 Å². The average Bonchev–Trinajstić information content (AvgIpc) is 3.39. The van der Waals surface area contributed by atoms with Crippen molar-refractivity contribution in [1.29, 1.82) is 0 Å². The molecule has 10 nitrogen and oxygen atoms in total. The Morgan fingerprint density at radius 2 is 2.09 bits per heavy atom. The molecule has 11 heteroatoms. The largest absolute Gasteiger partial charge is 0.448 e. The topological polar surface area (TPSA) is 147 Å². The molecule has 3 N–H and O–H groups in total. The molecule has 2 aliphatic rings. The predicted octanol–water partition coefficient (Wildman–Crippen LogP) is 1.33. The van der Waals surface area contributed by atoms with E-state index in [4.69, 9.17) is 9.15 Å². The molecular formula is C21H30N4O6S. The fourth-order valence-electron chi connectivity index (χ4n) is 4.91. The highest BCUT2D eigenvalue weighted by Crippen LogP contribution is 2.42. The quantitative estimate of drug-likeness (QED) is 0.528. The molecule has 32 heavy (non-hydrogen) atoms. The molecule has 0 spiro atoms. The number of hydrogen-bond acceptors (Lipinski definition) is 8. The Labute approximate surface area is 186 Å². The van der Waals surface area contributed by atoms with E-state index in [1.165, 1.54) is 12.3 Å². The molecular weight excluding hydrogens is 436 g/mol. The molecule has 2 heterocycles. The van der Waals surface area contributed by atoms with E-state index in [0.717, 1.165) is 37.8 Å². The highest BCUT2D eigenvalue weighted by Gasteiger charge is 2.46. The Kier molecular flexibility index (Phi) is 6.80. The highest BCUT2D eigenvalue weighted by atomic mass is 32.2. The van der Waals surface area contributed by atoms with Crippen molar-refractivity contribution in [3.8, 4) is 0 Å². The van der Waals surface area contributed by atoms with Gasteiger partial charge in [0.25, 0.3) is 5.56 Å². The van der Waals surface area contributed by atoms with Crippen LogP contribution in [0.4, 0.5) is 0 Å². The number of hydrogen-bond donors (Lipinski definition) is 3. The zero-order valence-corrected chi connectivity index (χ0v) is 18.9. The third-order valence-electron chi connectivity index (χ3n) is 6.50. The standard InChI is InChI=1S/C21H30N4O6S/c1-32(28,29)25-15-6-8-21(10-15,20-23-16(11-26)12-30-20)13-31-17-4-2-14(3-5-17)19-22-9-7-18(27)24-19/h7,9,12,14-15,17,25-26H,2-6,8,10-11,13H2,1H3,(H,22,24,27)/t14?,15-,17?,21-/m0/s1. The van der Waals surface area contributed by atoms with E-state index in [2.05, 4.69) is 19.7 Å². The lowest BCUT2D eigenvalue weighted by Gasteiger charge is -2.32. The molecule has 2 aliphatic carbocycles. The number of H-pyrrole nitrogens is 1. The van der Waals surface area contributed by atoms with Crippen LogP contribution in [-0.2, 0) is 26.8 Å². The Morgan fingerprint density at radius 3 is 2.75 bits per heavy atom. The third-order valence-corrected chi connectivity index (χ3v) is 7.27. The lowest BCUT2D eigenvalue weighted by molar-refractivity contribution is -0.0104. The first kappa shape index (κ1) is 23.1. The number of aliphatic hydroxyl groups is 1. The van der Waals surface area contributed by atoms with Gasteiger partial charge in [0.15, 0.2) is 0 Å². The normalized spacial score (nSPS) is 28.8. The monoisotopic (exact) mass is 466 g/mol. The van der Waals surface area contributed by atoms with Gasteiger partial charge in [-0.3, -0.25) is 4.79 Å². The van der Waals surface area contributed by atoms with Crippen LogP contribution in [0.25, 0.3) is 0 Å². The number of aliphatic hydroxyl groups excluding tert-OH is 1. The molecule has 0 radical (unpaired) electrons. The molecule has 2 fully saturated rings. The summed E-state index contributed by atoms with van der Waals surface area (Å²) in [6.45, 7) is 0.154. The van der Waals surface area contributed by atoms with Crippen LogP contribution in [-0.4, -0.2) is 53.5 Å².